The van der Waals surface area contributed by atoms with E-state index in [1.165, 1.54) is 6.42 Å². The minimum absolute atomic E-state index is 0.0988. The molecule has 0 aliphatic carbocycles. The molecule has 0 saturated heterocycles. The van der Waals surface area contributed by atoms with E-state index in [9.17, 15) is 0 Å². The van der Waals surface area contributed by atoms with Crippen LogP contribution < -0.4 is 11.3 Å². The van der Waals surface area contributed by atoms with Crippen molar-refractivity contribution in [1.82, 2.24) is 5.43 Å². The van der Waals surface area contributed by atoms with Crippen molar-refractivity contribution in [2.24, 2.45) is 11.8 Å². The van der Waals surface area contributed by atoms with Crippen LogP contribution in [0.25, 0.3) is 0 Å². The third-order valence-electron chi connectivity index (χ3n) is 3.50. The smallest absolute Gasteiger partial charge is 0.0842 e. The molecule has 0 heterocycles. The van der Waals surface area contributed by atoms with Crippen LogP contribution in [0, 0.1) is 5.92 Å². The van der Waals surface area contributed by atoms with Gasteiger partial charge in [-0.05, 0) is 38.5 Å². The fraction of sp³-hybridized carbons (Fsp3) is 1.00. The molecule has 1 unspecified atom stereocenters. The van der Waals surface area contributed by atoms with Gasteiger partial charge in [0.25, 0.3) is 0 Å². The fourth-order valence-electron chi connectivity index (χ4n) is 2.33. The van der Waals surface area contributed by atoms with Gasteiger partial charge in [-0.15, -0.1) is 0 Å². The van der Waals surface area contributed by atoms with Crippen LogP contribution in [0.4, 0.5) is 0 Å². The van der Waals surface area contributed by atoms with Crippen LogP contribution in [0.2, 0.25) is 0 Å². The van der Waals surface area contributed by atoms with E-state index < -0.39 is 0 Å². The molecule has 16 heavy (non-hydrogen) atoms. The summed E-state index contributed by atoms with van der Waals surface area (Å²) in [5, 5.41) is 0. The van der Waals surface area contributed by atoms with Crippen molar-refractivity contribution in [2.75, 3.05) is 6.61 Å². The van der Waals surface area contributed by atoms with Crippen LogP contribution in [0.3, 0.4) is 0 Å². The first-order valence-corrected chi connectivity index (χ1v) is 6.66. The summed E-state index contributed by atoms with van der Waals surface area (Å²) in [7, 11) is 0. The van der Waals surface area contributed by atoms with Crippen LogP contribution in [0.5, 0.6) is 0 Å². The number of rotatable bonds is 9. The molecular formula is C13H30N2O. The summed E-state index contributed by atoms with van der Waals surface area (Å²) in [6.07, 6.45) is 4.27. The zero-order chi connectivity index (χ0) is 12.6. The zero-order valence-corrected chi connectivity index (χ0v) is 11.7. The molecule has 0 aromatic heterocycles. The monoisotopic (exact) mass is 230 g/mol. The summed E-state index contributed by atoms with van der Waals surface area (Å²) in [5.74, 6) is 6.41. The Morgan fingerprint density at radius 2 is 1.69 bits per heavy atom. The summed E-state index contributed by atoms with van der Waals surface area (Å²) in [5.41, 5.74) is 2.86. The predicted molar refractivity (Wildman–Crippen MR) is 70.1 cm³/mol. The number of hydrogen-bond donors (Lipinski definition) is 2. The minimum Gasteiger partial charge on any atom is -0.374 e. The van der Waals surface area contributed by atoms with E-state index in [2.05, 4.69) is 40.0 Å². The Morgan fingerprint density at radius 3 is 2.00 bits per heavy atom. The van der Waals surface area contributed by atoms with Crippen LogP contribution in [-0.4, -0.2) is 18.2 Å². The summed E-state index contributed by atoms with van der Waals surface area (Å²) in [6, 6.07) is 0.254. The lowest BCUT2D eigenvalue weighted by Gasteiger charge is -2.39. The predicted octanol–water partition coefficient (Wildman–Crippen LogP) is 2.85. The summed E-state index contributed by atoms with van der Waals surface area (Å²) >= 11 is 0. The largest absolute Gasteiger partial charge is 0.374 e. The normalized spacial score (nSPS) is 14.4. The van der Waals surface area contributed by atoms with E-state index in [1.54, 1.807) is 0 Å². The molecule has 0 amide bonds. The lowest BCUT2D eigenvalue weighted by molar-refractivity contribution is -0.0746. The highest BCUT2D eigenvalue weighted by atomic mass is 16.5. The lowest BCUT2D eigenvalue weighted by atomic mass is 9.84. The van der Waals surface area contributed by atoms with Gasteiger partial charge in [0.05, 0.1) is 11.6 Å². The van der Waals surface area contributed by atoms with E-state index in [0.29, 0.717) is 5.92 Å². The molecule has 0 aromatic rings. The van der Waals surface area contributed by atoms with Gasteiger partial charge in [-0.1, -0.05) is 27.7 Å². The van der Waals surface area contributed by atoms with E-state index in [1.807, 2.05) is 0 Å². The molecule has 1 atom stereocenters. The van der Waals surface area contributed by atoms with Crippen molar-refractivity contribution in [3.05, 3.63) is 0 Å². The lowest BCUT2D eigenvalue weighted by Crippen LogP contribution is -2.54. The van der Waals surface area contributed by atoms with Gasteiger partial charge in [0.2, 0.25) is 0 Å². The van der Waals surface area contributed by atoms with Gasteiger partial charge in [-0.25, -0.2) is 0 Å². The second kappa shape index (κ2) is 8.04. The molecule has 0 fully saturated rings. The quantitative estimate of drug-likeness (QED) is 0.473. The standard InChI is InChI=1S/C13H30N2O/c1-6-13(7-2,16-8-3)12(15-14)10-9-11(4)5/h11-12,15H,6-10,14H2,1-5H3. The number of nitrogens with two attached hydrogens (primary N) is 1. The van der Waals surface area contributed by atoms with Gasteiger partial charge in [0, 0.05) is 6.61 Å². The van der Waals surface area contributed by atoms with Crippen LogP contribution in [0.15, 0.2) is 0 Å². The third-order valence-corrected chi connectivity index (χ3v) is 3.50. The van der Waals surface area contributed by atoms with Crippen molar-refractivity contribution in [1.29, 1.82) is 0 Å². The summed E-state index contributed by atoms with van der Waals surface area (Å²) in [6.45, 7) is 11.6. The van der Waals surface area contributed by atoms with Gasteiger partial charge in [-0.3, -0.25) is 11.3 Å². The molecule has 0 aliphatic rings. The number of hydrazine groups is 1. The van der Waals surface area contributed by atoms with E-state index in [0.717, 1.165) is 25.9 Å². The van der Waals surface area contributed by atoms with Crippen LogP contribution >= 0.6 is 0 Å². The minimum atomic E-state index is -0.0988. The topological polar surface area (TPSA) is 47.3 Å². The Balaban J connectivity index is 4.55. The van der Waals surface area contributed by atoms with E-state index in [-0.39, 0.29) is 11.6 Å². The zero-order valence-electron chi connectivity index (χ0n) is 11.7. The Morgan fingerprint density at radius 1 is 1.12 bits per heavy atom. The maximum absolute atomic E-state index is 5.97. The van der Waals surface area contributed by atoms with Crippen LogP contribution in [-0.2, 0) is 4.74 Å². The average Bonchev–Trinajstić information content (AvgIpc) is 2.27. The summed E-state index contributed by atoms with van der Waals surface area (Å²) < 4.78 is 5.97. The van der Waals surface area contributed by atoms with Crippen LogP contribution in [0.1, 0.15) is 60.3 Å². The molecule has 0 aliphatic heterocycles. The average molecular weight is 230 g/mol. The second-order valence-corrected chi connectivity index (χ2v) is 4.90. The second-order valence-electron chi connectivity index (χ2n) is 4.90. The molecule has 0 bridgehead atoms. The Kier molecular flexibility index (Phi) is 7.98. The maximum atomic E-state index is 5.97. The van der Waals surface area contributed by atoms with Gasteiger partial charge < -0.3 is 4.74 Å². The molecule has 0 rings (SSSR count). The first-order valence-electron chi connectivity index (χ1n) is 6.66. The maximum Gasteiger partial charge on any atom is 0.0842 e. The van der Waals surface area contributed by atoms with Crippen molar-refractivity contribution >= 4 is 0 Å². The molecule has 0 spiro atoms. The first kappa shape index (κ1) is 15.9. The highest BCUT2D eigenvalue weighted by Gasteiger charge is 2.35. The molecule has 0 aromatic carbocycles. The third kappa shape index (κ3) is 4.40. The Hall–Kier alpha value is -0.120. The molecule has 3 heteroatoms. The van der Waals surface area contributed by atoms with E-state index >= 15 is 0 Å². The van der Waals surface area contributed by atoms with Gasteiger partial charge >= 0.3 is 0 Å². The van der Waals surface area contributed by atoms with E-state index in [4.69, 9.17) is 10.6 Å². The highest BCUT2D eigenvalue weighted by molar-refractivity contribution is 4.90. The Bertz CT molecular complexity index is 167. The van der Waals surface area contributed by atoms with Crippen molar-refractivity contribution in [3.8, 4) is 0 Å². The highest BCUT2D eigenvalue weighted by Crippen LogP contribution is 2.28. The number of hydrogen-bond acceptors (Lipinski definition) is 3. The Labute approximate surface area is 101 Å². The molecule has 0 saturated carbocycles. The van der Waals surface area contributed by atoms with Crippen molar-refractivity contribution in [2.45, 2.75) is 71.9 Å². The molecular weight excluding hydrogens is 200 g/mol. The van der Waals surface area contributed by atoms with Crippen molar-refractivity contribution < 1.29 is 4.74 Å². The fourth-order valence-corrected chi connectivity index (χ4v) is 2.33. The first-order chi connectivity index (χ1) is 7.56. The molecule has 3 N–H and O–H groups in total. The summed E-state index contributed by atoms with van der Waals surface area (Å²) in [4.78, 5) is 0. The number of ether oxygens (including phenoxy) is 1. The molecule has 0 radical (unpaired) electrons. The van der Waals surface area contributed by atoms with Gasteiger partial charge in [0.15, 0.2) is 0 Å². The van der Waals surface area contributed by atoms with Crippen molar-refractivity contribution in [3.63, 3.8) is 0 Å². The molecule has 98 valence electrons. The molecule has 3 nitrogen and oxygen atoms in total. The SMILES string of the molecule is CCOC(CC)(CC)C(CCC(C)C)NN. The van der Waals surface area contributed by atoms with Gasteiger partial charge in [-0.2, -0.15) is 0 Å². The number of nitrogens with one attached hydrogen (secondary N) is 1. The van der Waals surface area contributed by atoms with Gasteiger partial charge in [0.1, 0.15) is 0 Å².